The first-order valence-electron chi connectivity index (χ1n) is 13.0. The number of hydrazone groups is 1. The number of amides is 1. The molecule has 2 heterocycles. The van der Waals surface area contributed by atoms with Gasteiger partial charge >= 0.3 is 12.1 Å². The molecule has 1 aliphatic carbocycles. The normalized spacial score (nSPS) is 14.3. The fourth-order valence-electron chi connectivity index (χ4n) is 3.98. The van der Waals surface area contributed by atoms with Gasteiger partial charge < -0.3 is 19.3 Å². The van der Waals surface area contributed by atoms with Crippen LogP contribution in [0.2, 0.25) is 0 Å². The lowest BCUT2D eigenvalue weighted by Crippen LogP contribution is -2.35. The molecule has 0 spiro atoms. The second kappa shape index (κ2) is 12.8. The van der Waals surface area contributed by atoms with Crippen LogP contribution >= 0.6 is 11.3 Å². The SMILES string of the molecule is CCC(=O)C1=CC=c2c(cc(/C(C)=N/N(C(=O)OC(C)(C)C)c3csc(C(=O)OC)c3)n2C(O)OC(C)C)=CC1. The number of hydrogen-bond donors (Lipinski definition) is 1. The van der Waals surface area contributed by atoms with Crippen molar-refractivity contribution in [2.24, 2.45) is 5.10 Å². The zero-order valence-corrected chi connectivity index (χ0v) is 25.0. The van der Waals surface area contributed by atoms with E-state index in [4.69, 9.17) is 14.2 Å². The summed E-state index contributed by atoms with van der Waals surface area (Å²) in [7, 11) is 1.28. The highest BCUT2D eigenvalue weighted by molar-refractivity contribution is 7.12. The Morgan fingerprint density at radius 2 is 1.90 bits per heavy atom. The lowest BCUT2D eigenvalue weighted by molar-refractivity contribution is -0.176. The van der Waals surface area contributed by atoms with Gasteiger partial charge in [-0.2, -0.15) is 10.1 Å². The molecule has 40 heavy (non-hydrogen) atoms. The van der Waals surface area contributed by atoms with Crippen LogP contribution in [0.3, 0.4) is 0 Å². The average Bonchev–Trinajstić information content (AvgIpc) is 3.45. The van der Waals surface area contributed by atoms with Gasteiger partial charge in [-0.15, -0.1) is 11.3 Å². The first-order chi connectivity index (χ1) is 18.7. The number of thiophene rings is 1. The van der Waals surface area contributed by atoms with E-state index in [9.17, 15) is 19.5 Å². The van der Waals surface area contributed by atoms with E-state index in [0.717, 1.165) is 21.6 Å². The van der Waals surface area contributed by atoms with Crippen LogP contribution in [-0.4, -0.2) is 52.0 Å². The molecule has 1 amide bonds. The predicted octanol–water partition coefficient (Wildman–Crippen LogP) is 4.25. The van der Waals surface area contributed by atoms with E-state index >= 15 is 0 Å². The number of allylic oxidation sites excluding steroid dienone is 2. The highest BCUT2D eigenvalue weighted by Gasteiger charge is 2.27. The molecule has 216 valence electrons. The Hall–Kier alpha value is -3.54. The predicted molar refractivity (Wildman–Crippen MR) is 155 cm³/mol. The molecular formula is C29H37N3O7S. The van der Waals surface area contributed by atoms with E-state index in [2.05, 4.69) is 5.10 Å². The molecule has 10 nitrogen and oxygen atoms in total. The maximum absolute atomic E-state index is 13.3. The summed E-state index contributed by atoms with van der Waals surface area (Å²) in [5, 5.41) is 19.8. The molecular weight excluding hydrogens is 534 g/mol. The van der Waals surface area contributed by atoms with Gasteiger partial charge in [-0.05, 0) is 77.0 Å². The molecule has 0 aliphatic heterocycles. The van der Waals surface area contributed by atoms with Crippen molar-refractivity contribution >= 4 is 52.7 Å². The second-order valence-electron chi connectivity index (χ2n) is 10.4. The van der Waals surface area contributed by atoms with E-state index < -0.39 is 24.1 Å². The summed E-state index contributed by atoms with van der Waals surface area (Å²) < 4.78 is 17.7. The molecule has 0 fully saturated rings. The van der Waals surface area contributed by atoms with E-state index in [0.29, 0.717) is 45.7 Å². The maximum Gasteiger partial charge on any atom is 0.435 e. The molecule has 1 atom stereocenters. The van der Waals surface area contributed by atoms with Gasteiger partial charge in [-0.1, -0.05) is 19.1 Å². The highest BCUT2D eigenvalue weighted by atomic mass is 32.1. The van der Waals surface area contributed by atoms with Gasteiger partial charge in [0.25, 0.3) is 0 Å². The number of Topliss-reactive ketones (excluding diaryl/α,β-unsaturated/α-hetero) is 1. The number of nitrogens with zero attached hydrogens (tertiary/aromatic N) is 3. The minimum atomic E-state index is -1.37. The molecule has 1 N–H and O–H groups in total. The van der Waals surface area contributed by atoms with Crippen molar-refractivity contribution in [3.8, 4) is 0 Å². The van der Waals surface area contributed by atoms with Crippen molar-refractivity contribution in [2.75, 3.05) is 12.1 Å². The number of aliphatic hydroxyl groups is 1. The fourth-order valence-corrected chi connectivity index (χ4v) is 4.76. The molecule has 0 bridgehead atoms. The van der Waals surface area contributed by atoms with Crippen molar-refractivity contribution in [1.82, 2.24) is 4.57 Å². The number of aromatic nitrogens is 1. The Morgan fingerprint density at radius 3 is 2.50 bits per heavy atom. The third-order valence-electron chi connectivity index (χ3n) is 5.79. The summed E-state index contributed by atoms with van der Waals surface area (Å²) in [6.45, 7) is 12.3. The zero-order valence-electron chi connectivity index (χ0n) is 24.2. The number of fused-ring (bicyclic) bond motifs is 1. The molecule has 0 saturated heterocycles. The summed E-state index contributed by atoms with van der Waals surface area (Å²) in [5.74, 6) is -0.482. The molecule has 1 aliphatic rings. The summed E-state index contributed by atoms with van der Waals surface area (Å²) in [6.07, 6.45) is 3.88. The van der Waals surface area contributed by atoms with Crippen molar-refractivity contribution in [2.45, 2.75) is 79.4 Å². The van der Waals surface area contributed by atoms with Crippen LogP contribution in [0.4, 0.5) is 10.5 Å². The lowest BCUT2D eigenvalue weighted by Gasteiger charge is -2.24. The molecule has 1 unspecified atom stereocenters. The first-order valence-corrected chi connectivity index (χ1v) is 13.9. The molecule has 0 aromatic carbocycles. The van der Waals surface area contributed by atoms with Crippen LogP contribution in [0.15, 0.2) is 34.3 Å². The number of esters is 1. The Balaban J connectivity index is 2.19. The largest absolute Gasteiger partial charge is 0.465 e. The van der Waals surface area contributed by atoms with Gasteiger partial charge in [0.05, 0.1) is 35.7 Å². The van der Waals surface area contributed by atoms with E-state index in [-0.39, 0.29) is 11.9 Å². The lowest BCUT2D eigenvalue weighted by atomic mass is 10.1. The van der Waals surface area contributed by atoms with Gasteiger partial charge in [0, 0.05) is 11.8 Å². The van der Waals surface area contributed by atoms with Crippen molar-refractivity contribution in [3.05, 3.63) is 50.3 Å². The highest BCUT2D eigenvalue weighted by Crippen LogP contribution is 2.27. The fraction of sp³-hybridized carbons (Fsp3) is 0.448. The molecule has 3 rings (SSSR count). The van der Waals surface area contributed by atoms with Crippen molar-refractivity contribution in [3.63, 3.8) is 0 Å². The molecule has 2 aromatic heterocycles. The molecule has 2 aromatic rings. The van der Waals surface area contributed by atoms with Crippen LogP contribution in [0.1, 0.15) is 83.1 Å². The van der Waals surface area contributed by atoms with Crippen LogP contribution in [0, 0.1) is 0 Å². The van der Waals surface area contributed by atoms with Gasteiger partial charge in [-0.25, -0.2) is 9.59 Å². The van der Waals surface area contributed by atoms with E-state index in [1.807, 2.05) is 19.1 Å². The van der Waals surface area contributed by atoms with Gasteiger partial charge in [0.1, 0.15) is 10.5 Å². The summed E-state index contributed by atoms with van der Waals surface area (Å²) in [6, 6.07) is 3.33. The van der Waals surface area contributed by atoms with Crippen molar-refractivity contribution in [1.29, 1.82) is 0 Å². The molecule has 0 saturated carbocycles. The van der Waals surface area contributed by atoms with Crippen LogP contribution < -0.4 is 15.6 Å². The van der Waals surface area contributed by atoms with E-state index in [1.165, 1.54) is 13.2 Å². The smallest absolute Gasteiger partial charge is 0.435 e. The number of carbonyl (C=O) groups excluding carboxylic acids is 3. The van der Waals surface area contributed by atoms with E-state index in [1.54, 1.807) is 63.6 Å². The summed E-state index contributed by atoms with van der Waals surface area (Å²) >= 11 is 1.11. The number of carbonyl (C=O) groups is 3. The van der Waals surface area contributed by atoms with Gasteiger partial charge in [-0.3, -0.25) is 9.36 Å². The zero-order chi connectivity index (χ0) is 29.8. The number of anilines is 1. The number of ether oxygens (including phenoxy) is 3. The summed E-state index contributed by atoms with van der Waals surface area (Å²) in [4.78, 5) is 37.9. The molecule has 0 radical (unpaired) electrons. The second-order valence-corrected chi connectivity index (χ2v) is 11.3. The van der Waals surface area contributed by atoms with Crippen LogP contribution in [0.5, 0.6) is 0 Å². The molecule has 11 heteroatoms. The van der Waals surface area contributed by atoms with Crippen LogP contribution in [0.25, 0.3) is 12.2 Å². The third kappa shape index (κ3) is 7.35. The number of rotatable bonds is 9. The number of methoxy groups -OCH3 is 1. The summed E-state index contributed by atoms with van der Waals surface area (Å²) in [5.41, 5.74) is 1.05. The number of hydrogen-bond acceptors (Lipinski definition) is 9. The van der Waals surface area contributed by atoms with Crippen LogP contribution in [-0.2, 0) is 19.0 Å². The Labute approximate surface area is 237 Å². The average molecular weight is 572 g/mol. The number of ketones is 1. The maximum atomic E-state index is 13.3. The van der Waals surface area contributed by atoms with Gasteiger partial charge in [0.15, 0.2) is 5.78 Å². The Morgan fingerprint density at radius 1 is 1.20 bits per heavy atom. The topological polar surface area (TPSA) is 120 Å². The third-order valence-corrected chi connectivity index (χ3v) is 6.69. The Bertz CT molecular complexity index is 1460. The first kappa shape index (κ1) is 31.0. The van der Waals surface area contributed by atoms with Crippen molar-refractivity contribution < 1.29 is 33.7 Å². The minimum absolute atomic E-state index is 0.0521. The standard InChI is InChI=1S/C29H37N3O7S/c1-9-24(33)19-10-11-20-14-23(31(22(20)13-12-19)27(35)38-17(2)3)18(4)30-32(28(36)39-29(5,6)7)21-15-25(40-16-21)26(34)37-8/h11-17,27,35H,9-10H2,1-8H3/b30-18+. The quantitative estimate of drug-likeness (QED) is 0.207. The Kier molecular flexibility index (Phi) is 9.88. The van der Waals surface area contributed by atoms with Gasteiger partial charge in [0.2, 0.25) is 6.41 Å². The monoisotopic (exact) mass is 571 g/mol. The number of aliphatic hydroxyl groups excluding tert-OH is 1. The minimum Gasteiger partial charge on any atom is -0.465 e.